The zero-order valence-electron chi connectivity index (χ0n) is 16.7. The first-order chi connectivity index (χ1) is 13.1. The molecule has 6 nitrogen and oxygen atoms in total. The lowest BCUT2D eigenvalue weighted by molar-refractivity contribution is -0.139. The summed E-state index contributed by atoms with van der Waals surface area (Å²) < 4.78 is 11.4. The van der Waals surface area contributed by atoms with E-state index in [2.05, 4.69) is 16.9 Å². The van der Waals surface area contributed by atoms with Gasteiger partial charge in [0.05, 0.1) is 18.8 Å². The van der Waals surface area contributed by atoms with Gasteiger partial charge in [-0.25, -0.2) is 0 Å². The first kappa shape index (κ1) is 20.2. The number of aromatic nitrogens is 1. The van der Waals surface area contributed by atoms with Crippen molar-refractivity contribution >= 4 is 5.91 Å². The Hall–Kier alpha value is -1.50. The summed E-state index contributed by atoms with van der Waals surface area (Å²) in [6.07, 6.45) is 8.06. The minimum absolute atomic E-state index is 0.130. The fourth-order valence-electron chi connectivity index (χ4n) is 4.39. The molecule has 2 aliphatic heterocycles. The fraction of sp³-hybridized carbons (Fsp3) is 0.714. The van der Waals surface area contributed by atoms with E-state index in [1.165, 1.54) is 0 Å². The van der Waals surface area contributed by atoms with E-state index in [-0.39, 0.29) is 11.5 Å². The number of carbonyl (C=O) groups is 1. The summed E-state index contributed by atoms with van der Waals surface area (Å²) in [5, 5.41) is 0. The normalized spacial score (nSPS) is 25.4. The lowest BCUT2D eigenvalue weighted by Crippen LogP contribution is -2.50. The van der Waals surface area contributed by atoms with Gasteiger partial charge >= 0.3 is 0 Å². The van der Waals surface area contributed by atoms with E-state index in [1.54, 1.807) is 13.3 Å². The van der Waals surface area contributed by atoms with Crippen molar-refractivity contribution in [1.82, 2.24) is 14.8 Å². The van der Waals surface area contributed by atoms with Gasteiger partial charge < -0.3 is 19.3 Å². The van der Waals surface area contributed by atoms with Gasteiger partial charge in [0, 0.05) is 52.1 Å². The van der Waals surface area contributed by atoms with Crippen LogP contribution in [0.25, 0.3) is 0 Å². The van der Waals surface area contributed by atoms with E-state index in [4.69, 9.17) is 9.47 Å². The smallest absolute Gasteiger partial charge is 0.223 e. The van der Waals surface area contributed by atoms with Gasteiger partial charge in [-0.05, 0) is 50.3 Å². The van der Waals surface area contributed by atoms with Crippen LogP contribution >= 0.6 is 0 Å². The molecule has 27 heavy (non-hydrogen) atoms. The van der Waals surface area contributed by atoms with E-state index in [1.807, 2.05) is 23.2 Å². The number of hydrogen-bond donors (Lipinski definition) is 0. The van der Waals surface area contributed by atoms with Crippen LogP contribution in [0.1, 0.15) is 31.2 Å². The van der Waals surface area contributed by atoms with Gasteiger partial charge in [-0.2, -0.15) is 0 Å². The molecule has 0 N–H and O–H groups in total. The fourth-order valence-corrected chi connectivity index (χ4v) is 4.39. The van der Waals surface area contributed by atoms with E-state index >= 15 is 0 Å². The minimum atomic E-state index is -0.130. The molecule has 3 heterocycles. The molecule has 0 saturated carbocycles. The second-order valence-corrected chi connectivity index (χ2v) is 8.10. The molecule has 2 fully saturated rings. The third kappa shape index (κ3) is 5.74. The maximum absolute atomic E-state index is 12.7. The van der Waals surface area contributed by atoms with Gasteiger partial charge in [0.2, 0.25) is 5.91 Å². The van der Waals surface area contributed by atoms with Gasteiger partial charge in [-0.15, -0.1) is 0 Å². The molecule has 1 aromatic rings. The van der Waals surface area contributed by atoms with Gasteiger partial charge in [-0.3, -0.25) is 9.78 Å². The number of ether oxygens (including phenoxy) is 2. The number of likely N-dealkylation sites (N-methyl/N-ethyl adjacent to an activating group) is 1. The minimum Gasteiger partial charge on any atom is -0.383 e. The second kappa shape index (κ2) is 9.62. The number of rotatable bonds is 8. The van der Waals surface area contributed by atoms with Gasteiger partial charge in [-0.1, -0.05) is 6.07 Å². The highest BCUT2D eigenvalue weighted by atomic mass is 16.5. The molecule has 2 atom stereocenters. The Kier molecular flexibility index (Phi) is 7.21. The molecule has 6 heteroatoms. The highest BCUT2D eigenvalue weighted by molar-refractivity contribution is 5.76. The van der Waals surface area contributed by atoms with Crippen LogP contribution < -0.4 is 0 Å². The van der Waals surface area contributed by atoms with E-state index < -0.39 is 0 Å². The number of piperidine rings is 1. The predicted octanol–water partition coefficient (Wildman–Crippen LogP) is 1.99. The lowest BCUT2D eigenvalue weighted by atomic mass is 9.86. The van der Waals surface area contributed by atoms with Crippen molar-refractivity contribution < 1.29 is 14.3 Å². The van der Waals surface area contributed by atoms with Crippen LogP contribution in [-0.2, 0) is 20.7 Å². The van der Waals surface area contributed by atoms with Crippen LogP contribution in [-0.4, -0.2) is 79.8 Å². The third-order valence-corrected chi connectivity index (χ3v) is 5.78. The quantitative estimate of drug-likeness (QED) is 0.696. The maximum atomic E-state index is 12.7. The molecule has 2 saturated heterocycles. The number of likely N-dealkylation sites (tertiary alicyclic amines) is 1. The molecular formula is C21H33N3O3. The van der Waals surface area contributed by atoms with Crippen molar-refractivity contribution in [3.05, 3.63) is 30.1 Å². The number of carbonyl (C=O) groups excluding carboxylic acids is 1. The van der Waals surface area contributed by atoms with Crippen LogP contribution in [0.5, 0.6) is 0 Å². The summed E-state index contributed by atoms with van der Waals surface area (Å²) >= 11 is 0. The number of amides is 1. The Morgan fingerprint density at radius 1 is 1.52 bits per heavy atom. The molecule has 3 rings (SSSR count). The summed E-state index contributed by atoms with van der Waals surface area (Å²) in [5.74, 6) is 0.777. The van der Waals surface area contributed by atoms with Crippen molar-refractivity contribution in [2.75, 3.05) is 53.6 Å². The number of hydrogen-bond acceptors (Lipinski definition) is 5. The van der Waals surface area contributed by atoms with E-state index in [0.29, 0.717) is 12.3 Å². The van der Waals surface area contributed by atoms with Crippen LogP contribution in [0.3, 0.4) is 0 Å². The topological polar surface area (TPSA) is 54.9 Å². The summed E-state index contributed by atoms with van der Waals surface area (Å²) in [5.41, 5.74) is 0.989. The van der Waals surface area contributed by atoms with E-state index in [0.717, 1.165) is 70.6 Å². The van der Waals surface area contributed by atoms with Crippen molar-refractivity contribution in [2.24, 2.45) is 5.92 Å². The number of aryl methyl sites for hydroxylation is 1. The zero-order chi connectivity index (χ0) is 19.1. The molecule has 0 radical (unpaired) electrons. The Morgan fingerprint density at radius 3 is 3.19 bits per heavy atom. The highest BCUT2D eigenvalue weighted by Gasteiger charge is 2.44. The molecule has 1 aromatic heterocycles. The highest BCUT2D eigenvalue weighted by Crippen LogP contribution is 2.37. The van der Waals surface area contributed by atoms with Crippen molar-refractivity contribution in [2.45, 2.75) is 37.7 Å². The van der Waals surface area contributed by atoms with Gasteiger partial charge in [0.15, 0.2) is 0 Å². The van der Waals surface area contributed by atoms with Gasteiger partial charge in [0.1, 0.15) is 0 Å². The SMILES string of the molecule is COCCN(C)CC1COC2(CCCN(C(=O)CCc3cccnc3)C2)C1. The lowest BCUT2D eigenvalue weighted by Gasteiger charge is -2.40. The predicted molar refractivity (Wildman–Crippen MR) is 105 cm³/mol. The van der Waals surface area contributed by atoms with Crippen LogP contribution in [0.15, 0.2) is 24.5 Å². The standard InChI is InChI=1S/C21H33N3O3/c1-23(11-12-26-2)15-19-13-21(27-16-19)8-4-10-24(17-21)20(25)7-6-18-5-3-9-22-14-18/h3,5,9,14,19H,4,6-8,10-13,15-17H2,1-2H3. The Bertz CT molecular complexity index is 598. The number of pyridine rings is 1. The molecule has 0 bridgehead atoms. The summed E-state index contributed by atoms with van der Waals surface area (Å²) in [7, 11) is 3.88. The molecular weight excluding hydrogens is 342 g/mol. The molecule has 1 spiro atoms. The largest absolute Gasteiger partial charge is 0.383 e. The Balaban J connectivity index is 1.48. The first-order valence-electron chi connectivity index (χ1n) is 10.1. The summed E-state index contributed by atoms with van der Waals surface area (Å²) in [4.78, 5) is 21.2. The number of nitrogens with zero attached hydrogens (tertiary/aromatic N) is 3. The molecule has 2 unspecified atom stereocenters. The molecule has 150 valence electrons. The maximum Gasteiger partial charge on any atom is 0.223 e. The molecule has 2 aliphatic rings. The Morgan fingerprint density at radius 2 is 2.41 bits per heavy atom. The molecule has 0 aliphatic carbocycles. The first-order valence-corrected chi connectivity index (χ1v) is 10.1. The Labute approximate surface area is 162 Å². The third-order valence-electron chi connectivity index (χ3n) is 5.78. The van der Waals surface area contributed by atoms with Crippen LogP contribution in [0, 0.1) is 5.92 Å². The monoisotopic (exact) mass is 375 g/mol. The average molecular weight is 376 g/mol. The van der Waals surface area contributed by atoms with Crippen molar-refractivity contribution in [3.63, 3.8) is 0 Å². The summed E-state index contributed by atoms with van der Waals surface area (Å²) in [6, 6.07) is 3.95. The average Bonchev–Trinajstić information content (AvgIpc) is 3.06. The summed E-state index contributed by atoms with van der Waals surface area (Å²) in [6.45, 7) is 5.13. The zero-order valence-corrected chi connectivity index (χ0v) is 16.7. The van der Waals surface area contributed by atoms with Crippen LogP contribution in [0.4, 0.5) is 0 Å². The number of methoxy groups -OCH3 is 1. The van der Waals surface area contributed by atoms with Crippen LogP contribution in [0.2, 0.25) is 0 Å². The van der Waals surface area contributed by atoms with Crippen molar-refractivity contribution in [1.29, 1.82) is 0 Å². The van der Waals surface area contributed by atoms with E-state index in [9.17, 15) is 4.79 Å². The van der Waals surface area contributed by atoms with Crippen molar-refractivity contribution in [3.8, 4) is 0 Å². The molecule has 0 aromatic carbocycles. The van der Waals surface area contributed by atoms with Gasteiger partial charge in [0.25, 0.3) is 0 Å². The molecule has 1 amide bonds. The second-order valence-electron chi connectivity index (χ2n) is 8.10.